The van der Waals surface area contributed by atoms with Crippen LogP contribution < -0.4 is 15.8 Å². The van der Waals surface area contributed by atoms with Crippen molar-refractivity contribution in [1.29, 1.82) is 0 Å². The number of carbonyl (C=O) groups is 1. The number of benzene rings is 1. The van der Waals surface area contributed by atoms with E-state index in [9.17, 15) is 13.6 Å². The summed E-state index contributed by atoms with van der Waals surface area (Å²) in [6.45, 7) is 2.30. The van der Waals surface area contributed by atoms with Gasteiger partial charge in [-0.25, -0.2) is 13.8 Å². The first-order valence-corrected chi connectivity index (χ1v) is 6.16. The van der Waals surface area contributed by atoms with Crippen LogP contribution in [-0.4, -0.2) is 17.5 Å². The number of nitrogen functional groups attached to an aromatic ring is 1. The topological polar surface area (TPSA) is 77.2 Å². The summed E-state index contributed by atoms with van der Waals surface area (Å²) in [7, 11) is 0. The van der Waals surface area contributed by atoms with E-state index in [2.05, 4.69) is 10.3 Å². The lowest BCUT2D eigenvalue weighted by Gasteiger charge is -2.07. The molecule has 5 nitrogen and oxygen atoms in total. The number of nitrogens with two attached hydrogens (primary N) is 1. The highest BCUT2D eigenvalue weighted by Crippen LogP contribution is 2.18. The molecule has 0 unspecified atom stereocenters. The lowest BCUT2D eigenvalue weighted by molar-refractivity contribution is 0.102. The highest BCUT2D eigenvalue weighted by atomic mass is 19.1. The zero-order valence-corrected chi connectivity index (χ0v) is 11.2. The molecule has 0 saturated carbocycles. The minimum Gasteiger partial charge on any atom is -0.478 e. The van der Waals surface area contributed by atoms with Crippen LogP contribution in [0.4, 0.5) is 20.2 Å². The monoisotopic (exact) mass is 293 g/mol. The van der Waals surface area contributed by atoms with Gasteiger partial charge in [0, 0.05) is 11.6 Å². The summed E-state index contributed by atoms with van der Waals surface area (Å²) in [6.07, 6.45) is 1.38. The molecule has 0 spiro atoms. The third-order valence-electron chi connectivity index (χ3n) is 2.63. The molecule has 3 N–H and O–H groups in total. The van der Waals surface area contributed by atoms with Crippen LogP contribution in [0.3, 0.4) is 0 Å². The molecule has 0 aliphatic rings. The Balaban J connectivity index is 2.14. The van der Waals surface area contributed by atoms with E-state index in [1.807, 2.05) is 6.92 Å². The van der Waals surface area contributed by atoms with E-state index >= 15 is 0 Å². The van der Waals surface area contributed by atoms with E-state index < -0.39 is 23.2 Å². The molecule has 0 fully saturated rings. The zero-order valence-electron chi connectivity index (χ0n) is 11.2. The molecule has 1 heterocycles. The summed E-state index contributed by atoms with van der Waals surface area (Å²) in [5.41, 5.74) is 4.73. The molecule has 0 aliphatic heterocycles. The maximum Gasteiger partial charge on any atom is 0.255 e. The van der Waals surface area contributed by atoms with Gasteiger partial charge in [0.2, 0.25) is 5.88 Å². The average molecular weight is 293 g/mol. The molecule has 0 bridgehead atoms. The second-order valence-electron chi connectivity index (χ2n) is 4.13. The molecule has 2 rings (SSSR count). The number of nitrogens with one attached hydrogen (secondary N) is 1. The Morgan fingerprint density at radius 1 is 1.33 bits per heavy atom. The first-order chi connectivity index (χ1) is 10.0. The van der Waals surface area contributed by atoms with Gasteiger partial charge in [0.25, 0.3) is 5.91 Å². The van der Waals surface area contributed by atoms with E-state index in [0.29, 0.717) is 18.2 Å². The molecular weight excluding hydrogens is 280 g/mol. The number of halogens is 2. The van der Waals surface area contributed by atoms with Gasteiger partial charge in [0.05, 0.1) is 18.5 Å². The summed E-state index contributed by atoms with van der Waals surface area (Å²) in [6, 6.07) is 4.88. The van der Waals surface area contributed by atoms with Gasteiger partial charge >= 0.3 is 0 Å². The Labute approximate surface area is 119 Å². The number of rotatable bonds is 4. The van der Waals surface area contributed by atoms with Gasteiger partial charge in [-0.15, -0.1) is 0 Å². The third kappa shape index (κ3) is 3.44. The van der Waals surface area contributed by atoms with Crippen molar-refractivity contribution in [2.24, 2.45) is 0 Å². The molecule has 21 heavy (non-hydrogen) atoms. The fourth-order valence-electron chi connectivity index (χ4n) is 1.61. The maximum atomic E-state index is 13.3. The van der Waals surface area contributed by atoms with E-state index in [1.165, 1.54) is 6.20 Å². The molecule has 1 aromatic carbocycles. The second kappa shape index (κ2) is 6.17. The molecule has 0 saturated heterocycles. The van der Waals surface area contributed by atoms with Crippen LogP contribution in [0.5, 0.6) is 5.88 Å². The van der Waals surface area contributed by atoms with Gasteiger partial charge in [0.15, 0.2) is 0 Å². The number of pyridine rings is 1. The van der Waals surface area contributed by atoms with E-state index in [-0.39, 0.29) is 5.56 Å². The van der Waals surface area contributed by atoms with Crippen LogP contribution in [0, 0.1) is 11.6 Å². The fourth-order valence-corrected chi connectivity index (χ4v) is 1.61. The Morgan fingerprint density at radius 2 is 2.00 bits per heavy atom. The summed E-state index contributed by atoms with van der Waals surface area (Å²) < 4.78 is 31.8. The summed E-state index contributed by atoms with van der Waals surface area (Å²) in [5.74, 6) is -2.21. The van der Waals surface area contributed by atoms with E-state index in [0.717, 1.165) is 12.1 Å². The SMILES string of the molecule is CCOc1ccc(NC(=O)c2cc(F)c(N)c(F)c2)cn1. The van der Waals surface area contributed by atoms with Crippen molar-refractivity contribution < 1.29 is 18.3 Å². The van der Waals surface area contributed by atoms with Gasteiger partial charge in [0.1, 0.15) is 17.3 Å². The van der Waals surface area contributed by atoms with Crippen LogP contribution in [-0.2, 0) is 0 Å². The minimum atomic E-state index is -0.982. The highest BCUT2D eigenvalue weighted by Gasteiger charge is 2.13. The highest BCUT2D eigenvalue weighted by molar-refractivity contribution is 6.04. The Kier molecular flexibility index (Phi) is 4.32. The van der Waals surface area contributed by atoms with Gasteiger partial charge < -0.3 is 15.8 Å². The maximum absolute atomic E-state index is 13.3. The molecule has 1 aromatic heterocycles. The molecule has 2 aromatic rings. The molecule has 0 aliphatic carbocycles. The molecular formula is C14H13F2N3O2. The van der Waals surface area contributed by atoms with Crippen LogP contribution in [0.2, 0.25) is 0 Å². The van der Waals surface area contributed by atoms with Crippen molar-refractivity contribution >= 4 is 17.3 Å². The van der Waals surface area contributed by atoms with Crippen molar-refractivity contribution in [3.63, 3.8) is 0 Å². The van der Waals surface area contributed by atoms with Crippen molar-refractivity contribution in [1.82, 2.24) is 4.98 Å². The van der Waals surface area contributed by atoms with Gasteiger partial charge in [-0.2, -0.15) is 0 Å². The number of hydrogen-bond acceptors (Lipinski definition) is 4. The second-order valence-corrected chi connectivity index (χ2v) is 4.13. The Hall–Kier alpha value is -2.70. The standard InChI is InChI=1S/C14H13F2N3O2/c1-2-21-12-4-3-9(7-18-12)19-14(20)8-5-10(15)13(17)11(16)6-8/h3-7H,2,17H2,1H3,(H,19,20). The lowest BCUT2D eigenvalue weighted by atomic mass is 10.1. The minimum absolute atomic E-state index is 0.173. The van der Waals surface area contributed by atoms with Crippen LogP contribution in [0.15, 0.2) is 30.5 Å². The fraction of sp³-hybridized carbons (Fsp3) is 0.143. The molecule has 0 atom stereocenters. The average Bonchev–Trinajstić information content (AvgIpc) is 2.46. The molecule has 110 valence electrons. The predicted molar refractivity (Wildman–Crippen MR) is 74.1 cm³/mol. The molecule has 1 amide bonds. The van der Waals surface area contributed by atoms with Crippen molar-refractivity contribution in [3.8, 4) is 5.88 Å². The number of hydrogen-bond donors (Lipinski definition) is 2. The first kappa shape index (κ1) is 14.7. The number of nitrogens with zero attached hydrogens (tertiary/aromatic N) is 1. The van der Waals surface area contributed by atoms with Crippen LogP contribution in [0.1, 0.15) is 17.3 Å². The predicted octanol–water partition coefficient (Wildman–Crippen LogP) is 2.59. The summed E-state index contributed by atoms with van der Waals surface area (Å²) in [4.78, 5) is 15.9. The number of carbonyl (C=O) groups excluding carboxylic acids is 1. The lowest BCUT2D eigenvalue weighted by Crippen LogP contribution is -2.13. The number of anilines is 2. The summed E-state index contributed by atoms with van der Waals surface area (Å²) >= 11 is 0. The first-order valence-electron chi connectivity index (χ1n) is 6.16. The smallest absolute Gasteiger partial charge is 0.255 e. The Morgan fingerprint density at radius 3 is 2.52 bits per heavy atom. The normalized spacial score (nSPS) is 10.2. The number of amides is 1. The van der Waals surface area contributed by atoms with E-state index in [4.69, 9.17) is 10.5 Å². The van der Waals surface area contributed by atoms with Crippen molar-refractivity contribution in [2.75, 3.05) is 17.7 Å². The zero-order chi connectivity index (χ0) is 15.4. The summed E-state index contributed by atoms with van der Waals surface area (Å²) in [5, 5.41) is 2.47. The van der Waals surface area contributed by atoms with Gasteiger partial charge in [-0.3, -0.25) is 4.79 Å². The number of ether oxygens (including phenoxy) is 1. The quantitative estimate of drug-likeness (QED) is 0.849. The van der Waals surface area contributed by atoms with Crippen molar-refractivity contribution in [2.45, 2.75) is 6.92 Å². The molecule has 0 radical (unpaired) electrons. The Bertz CT molecular complexity index is 637. The van der Waals surface area contributed by atoms with Crippen LogP contribution in [0.25, 0.3) is 0 Å². The molecule has 7 heteroatoms. The van der Waals surface area contributed by atoms with Crippen LogP contribution >= 0.6 is 0 Å². The largest absolute Gasteiger partial charge is 0.478 e. The third-order valence-corrected chi connectivity index (χ3v) is 2.63. The van der Waals surface area contributed by atoms with Gasteiger partial charge in [-0.05, 0) is 25.1 Å². The van der Waals surface area contributed by atoms with E-state index in [1.54, 1.807) is 12.1 Å². The van der Waals surface area contributed by atoms with Gasteiger partial charge in [-0.1, -0.05) is 0 Å². The number of aromatic nitrogens is 1. The van der Waals surface area contributed by atoms with Crippen molar-refractivity contribution in [3.05, 3.63) is 47.7 Å².